The molecule has 0 amide bonds. The Bertz CT molecular complexity index is 453. The van der Waals surface area contributed by atoms with E-state index in [-0.39, 0.29) is 11.9 Å². The third-order valence-electron chi connectivity index (χ3n) is 3.15. The van der Waals surface area contributed by atoms with Gasteiger partial charge in [-0.25, -0.2) is 18.1 Å². The number of imidazole rings is 1. The average molecular weight is 287 g/mol. The van der Waals surface area contributed by atoms with Gasteiger partial charge in [-0.3, -0.25) is 0 Å². The number of aryl methyl sites for hydroxylation is 1. The zero-order chi connectivity index (χ0) is 13.6. The summed E-state index contributed by atoms with van der Waals surface area (Å²) in [4.78, 5) is 3.93. The van der Waals surface area contributed by atoms with Crippen LogP contribution in [0.3, 0.4) is 0 Å². The Balaban J connectivity index is 1.65. The summed E-state index contributed by atoms with van der Waals surface area (Å²) < 4.78 is 33.7. The molecule has 2 heterocycles. The van der Waals surface area contributed by atoms with Gasteiger partial charge in [-0.15, -0.1) is 0 Å². The molecule has 1 N–H and O–H groups in total. The third kappa shape index (κ3) is 5.30. The van der Waals surface area contributed by atoms with Crippen LogP contribution in [-0.4, -0.2) is 43.0 Å². The standard InChI is InChI=1S/C12H21N3O3S/c16-19(17,10-12-4-1-2-9-18-12)14-5-3-7-15-8-6-13-11-15/h6,8,11-12,14H,1-5,7,9-10H2/t12-/m0/s1. The molecule has 1 aliphatic rings. The summed E-state index contributed by atoms with van der Waals surface area (Å²) in [6.45, 7) is 1.90. The van der Waals surface area contributed by atoms with Gasteiger partial charge < -0.3 is 9.30 Å². The summed E-state index contributed by atoms with van der Waals surface area (Å²) in [5.74, 6) is 0.0814. The average Bonchev–Trinajstić information content (AvgIpc) is 2.88. The molecule has 0 aromatic carbocycles. The van der Waals surface area contributed by atoms with E-state index in [2.05, 4.69) is 9.71 Å². The first-order chi connectivity index (χ1) is 9.16. The number of ether oxygens (including phenoxy) is 1. The highest BCUT2D eigenvalue weighted by atomic mass is 32.2. The van der Waals surface area contributed by atoms with Crippen molar-refractivity contribution in [3.05, 3.63) is 18.7 Å². The fourth-order valence-electron chi connectivity index (χ4n) is 2.15. The smallest absolute Gasteiger partial charge is 0.214 e. The van der Waals surface area contributed by atoms with Crippen molar-refractivity contribution < 1.29 is 13.2 Å². The topological polar surface area (TPSA) is 73.2 Å². The molecule has 0 radical (unpaired) electrons. The van der Waals surface area contributed by atoms with Crippen LogP contribution < -0.4 is 4.72 Å². The molecule has 1 saturated heterocycles. The molecule has 108 valence electrons. The summed E-state index contributed by atoms with van der Waals surface area (Å²) in [5.41, 5.74) is 0. The molecule has 1 aromatic heterocycles. The molecule has 0 saturated carbocycles. The van der Waals surface area contributed by atoms with E-state index in [1.165, 1.54) is 0 Å². The molecule has 1 atom stereocenters. The minimum atomic E-state index is -3.22. The van der Waals surface area contributed by atoms with E-state index >= 15 is 0 Å². The van der Waals surface area contributed by atoms with Crippen LogP contribution in [-0.2, 0) is 21.3 Å². The fourth-order valence-corrected chi connectivity index (χ4v) is 3.48. The van der Waals surface area contributed by atoms with E-state index in [1.54, 1.807) is 12.5 Å². The van der Waals surface area contributed by atoms with Crippen LogP contribution in [0.5, 0.6) is 0 Å². The number of hydrogen-bond donors (Lipinski definition) is 1. The molecule has 0 unspecified atom stereocenters. The quantitative estimate of drug-likeness (QED) is 0.752. The first-order valence-corrected chi connectivity index (χ1v) is 8.36. The zero-order valence-corrected chi connectivity index (χ0v) is 11.8. The first kappa shape index (κ1) is 14.5. The van der Waals surface area contributed by atoms with Gasteiger partial charge in [0.2, 0.25) is 10.0 Å². The number of hydrogen-bond acceptors (Lipinski definition) is 4. The fraction of sp³-hybridized carbons (Fsp3) is 0.750. The van der Waals surface area contributed by atoms with Crippen LogP contribution in [0.1, 0.15) is 25.7 Å². The monoisotopic (exact) mass is 287 g/mol. The highest BCUT2D eigenvalue weighted by molar-refractivity contribution is 7.89. The highest BCUT2D eigenvalue weighted by Gasteiger charge is 2.21. The van der Waals surface area contributed by atoms with Gasteiger partial charge in [0, 0.05) is 32.1 Å². The molecule has 6 nitrogen and oxygen atoms in total. The summed E-state index contributed by atoms with van der Waals surface area (Å²) in [6.07, 6.45) is 8.85. The lowest BCUT2D eigenvalue weighted by Crippen LogP contribution is -2.35. The second-order valence-electron chi connectivity index (χ2n) is 4.82. The second kappa shape index (κ2) is 7.02. The largest absolute Gasteiger partial charge is 0.377 e. The van der Waals surface area contributed by atoms with Gasteiger partial charge in [0.15, 0.2) is 0 Å². The van der Waals surface area contributed by atoms with Gasteiger partial charge in [0.25, 0.3) is 0 Å². The van der Waals surface area contributed by atoms with Gasteiger partial charge in [-0.05, 0) is 25.7 Å². The van der Waals surface area contributed by atoms with Crippen LogP contribution >= 0.6 is 0 Å². The minimum absolute atomic E-state index is 0.0814. The predicted octanol–water partition coefficient (Wildman–Crippen LogP) is 0.762. The Hall–Kier alpha value is -0.920. The van der Waals surface area contributed by atoms with Gasteiger partial charge in [-0.2, -0.15) is 0 Å². The van der Waals surface area contributed by atoms with E-state index in [0.717, 1.165) is 32.2 Å². The zero-order valence-electron chi connectivity index (χ0n) is 11.0. The number of nitrogens with zero attached hydrogens (tertiary/aromatic N) is 2. The SMILES string of the molecule is O=S(=O)(C[C@@H]1CCCCO1)NCCCn1ccnc1. The summed E-state index contributed by atoms with van der Waals surface area (Å²) in [5, 5.41) is 0. The van der Waals surface area contributed by atoms with Crippen LogP contribution in [0.25, 0.3) is 0 Å². The number of nitrogens with one attached hydrogen (secondary N) is 1. The lowest BCUT2D eigenvalue weighted by atomic mass is 10.1. The molecular weight excluding hydrogens is 266 g/mol. The lowest BCUT2D eigenvalue weighted by molar-refractivity contribution is 0.0304. The summed E-state index contributed by atoms with van der Waals surface area (Å²) in [7, 11) is -3.22. The normalized spacial score (nSPS) is 20.5. The molecule has 1 aromatic rings. The maximum atomic E-state index is 11.8. The Morgan fingerprint density at radius 2 is 2.32 bits per heavy atom. The van der Waals surface area contributed by atoms with Crippen LogP contribution in [0.2, 0.25) is 0 Å². The Kier molecular flexibility index (Phi) is 5.35. The first-order valence-electron chi connectivity index (χ1n) is 6.70. The van der Waals surface area contributed by atoms with Crippen molar-refractivity contribution in [2.24, 2.45) is 0 Å². The molecular formula is C12H21N3O3S. The highest BCUT2D eigenvalue weighted by Crippen LogP contribution is 2.13. The molecule has 1 fully saturated rings. The minimum Gasteiger partial charge on any atom is -0.377 e. The van der Waals surface area contributed by atoms with Crippen LogP contribution in [0.4, 0.5) is 0 Å². The molecule has 19 heavy (non-hydrogen) atoms. The van der Waals surface area contributed by atoms with E-state index in [1.807, 2.05) is 10.8 Å². The summed E-state index contributed by atoms with van der Waals surface area (Å²) in [6, 6.07) is 0. The van der Waals surface area contributed by atoms with E-state index in [9.17, 15) is 8.42 Å². The van der Waals surface area contributed by atoms with E-state index in [0.29, 0.717) is 13.2 Å². The van der Waals surface area contributed by atoms with Crippen molar-refractivity contribution >= 4 is 10.0 Å². The van der Waals surface area contributed by atoms with Crippen LogP contribution in [0.15, 0.2) is 18.7 Å². The third-order valence-corrected chi connectivity index (χ3v) is 4.61. The molecule has 2 rings (SSSR count). The van der Waals surface area contributed by atoms with Gasteiger partial charge in [-0.1, -0.05) is 0 Å². The van der Waals surface area contributed by atoms with Crippen molar-refractivity contribution in [1.82, 2.24) is 14.3 Å². The molecule has 7 heteroatoms. The maximum absolute atomic E-state index is 11.8. The van der Waals surface area contributed by atoms with Crippen LogP contribution in [0, 0.1) is 0 Å². The van der Waals surface area contributed by atoms with Crippen molar-refractivity contribution in [2.45, 2.75) is 38.3 Å². The number of sulfonamides is 1. The van der Waals surface area contributed by atoms with Crippen molar-refractivity contribution in [2.75, 3.05) is 18.9 Å². The van der Waals surface area contributed by atoms with Crippen molar-refractivity contribution in [3.63, 3.8) is 0 Å². The van der Waals surface area contributed by atoms with Crippen molar-refractivity contribution in [1.29, 1.82) is 0 Å². The van der Waals surface area contributed by atoms with E-state index in [4.69, 9.17) is 4.74 Å². The molecule has 0 aliphatic carbocycles. The molecule has 0 spiro atoms. The number of aromatic nitrogens is 2. The van der Waals surface area contributed by atoms with Gasteiger partial charge in [0.1, 0.15) is 0 Å². The van der Waals surface area contributed by atoms with E-state index < -0.39 is 10.0 Å². The summed E-state index contributed by atoms with van der Waals surface area (Å²) >= 11 is 0. The van der Waals surface area contributed by atoms with Gasteiger partial charge >= 0.3 is 0 Å². The van der Waals surface area contributed by atoms with Gasteiger partial charge in [0.05, 0.1) is 18.2 Å². The predicted molar refractivity (Wildman–Crippen MR) is 72.2 cm³/mol. The molecule has 0 bridgehead atoms. The Labute approximate surface area is 114 Å². The van der Waals surface area contributed by atoms with Crippen molar-refractivity contribution in [3.8, 4) is 0 Å². The Morgan fingerprint density at radius 1 is 1.42 bits per heavy atom. The molecule has 1 aliphatic heterocycles. The Morgan fingerprint density at radius 3 is 3.00 bits per heavy atom. The maximum Gasteiger partial charge on any atom is 0.214 e. The lowest BCUT2D eigenvalue weighted by Gasteiger charge is -2.22. The number of rotatable bonds is 7. The second-order valence-corrected chi connectivity index (χ2v) is 6.67.